The van der Waals surface area contributed by atoms with E-state index < -0.39 is 11.9 Å². The first-order chi connectivity index (χ1) is 12.9. The van der Waals surface area contributed by atoms with Crippen molar-refractivity contribution in [2.24, 2.45) is 5.92 Å². The summed E-state index contributed by atoms with van der Waals surface area (Å²) in [6, 6.07) is 9.12. The summed E-state index contributed by atoms with van der Waals surface area (Å²) in [7, 11) is 1.54. The van der Waals surface area contributed by atoms with E-state index in [1.807, 2.05) is 38.1 Å². The number of hydrogen-bond acceptors (Lipinski definition) is 6. The molecule has 2 rings (SSSR count). The predicted molar refractivity (Wildman–Crippen MR) is 103 cm³/mol. The van der Waals surface area contributed by atoms with E-state index in [4.69, 9.17) is 4.74 Å². The average molecular weight is 389 g/mol. The topological polar surface area (TPSA) is 101 Å². The van der Waals surface area contributed by atoms with Crippen LogP contribution >= 0.6 is 11.8 Å². The summed E-state index contributed by atoms with van der Waals surface area (Å²) in [6.45, 7) is 3.78. The number of carboxylic acids is 1. The first-order valence-corrected chi connectivity index (χ1v) is 9.44. The van der Waals surface area contributed by atoms with Gasteiger partial charge in [-0.1, -0.05) is 30.0 Å². The van der Waals surface area contributed by atoms with E-state index in [9.17, 15) is 14.7 Å². The first-order valence-electron chi connectivity index (χ1n) is 8.45. The van der Waals surface area contributed by atoms with Crippen LogP contribution in [0.3, 0.4) is 0 Å². The Bertz CT molecular complexity index is 793. The smallest absolute Gasteiger partial charge is 0.308 e. The number of aromatic nitrogens is 2. The van der Waals surface area contributed by atoms with Crippen molar-refractivity contribution in [3.05, 3.63) is 47.3 Å². The Morgan fingerprint density at radius 1 is 1.22 bits per heavy atom. The lowest BCUT2D eigenvalue weighted by Crippen LogP contribution is -2.35. The molecule has 0 saturated carbocycles. The largest absolute Gasteiger partial charge is 0.496 e. The standard InChI is InChI=1S/C19H23N3O4S/c1-12-8-13(2)22-19(21-12)27-11-17(23)20-10-15(18(24)25)9-14-6-4-5-7-16(14)26-3/h4-8,15H,9-11H2,1-3H3,(H,20,23)(H,24,25). The van der Waals surface area contributed by atoms with Crippen LogP contribution in [0.4, 0.5) is 0 Å². The van der Waals surface area contributed by atoms with E-state index in [-0.39, 0.29) is 24.6 Å². The zero-order valence-corrected chi connectivity index (χ0v) is 16.4. The van der Waals surface area contributed by atoms with Gasteiger partial charge in [-0.2, -0.15) is 0 Å². The van der Waals surface area contributed by atoms with Crippen molar-refractivity contribution in [2.45, 2.75) is 25.4 Å². The van der Waals surface area contributed by atoms with Gasteiger partial charge in [-0.05, 0) is 38.0 Å². The van der Waals surface area contributed by atoms with Crippen LogP contribution in [-0.4, -0.2) is 46.4 Å². The van der Waals surface area contributed by atoms with E-state index in [1.165, 1.54) is 11.8 Å². The SMILES string of the molecule is COc1ccccc1CC(CNC(=O)CSc1nc(C)cc(C)n1)C(=O)O. The number of carbonyl (C=O) groups excluding carboxylic acids is 1. The molecule has 7 nitrogen and oxygen atoms in total. The van der Waals surface area contributed by atoms with Crippen LogP contribution in [0.2, 0.25) is 0 Å². The molecule has 27 heavy (non-hydrogen) atoms. The summed E-state index contributed by atoms with van der Waals surface area (Å²) in [4.78, 5) is 32.2. The van der Waals surface area contributed by atoms with Crippen molar-refractivity contribution in [3.8, 4) is 5.75 Å². The van der Waals surface area contributed by atoms with Crippen LogP contribution in [-0.2, 0) is 16.0 Å². The third kappa shape index (κ3) is 6.56. The average Bonchev–Trinajstić information content (AvgIpc) is 2.62. The maximum atomic E-state index is 12.1. The number of aryl methyl sites for hydroxylation is 2. The maximum absolute atomic E-state index is 12.1. The van der Waals surface area contributed by atoms with Crippen molar-refractivity contribution in [3.63, 3.8) is 0 Å². The van der Waals surface area contributed by atoms with Crippen LogP contribution in [0.5, 0.6) is 5.75 Å². The minimum atomic E-state index is -0.966. The number of rotatable bonds is 9. The number of carboxylic acid groups (broad SMARTS) is 1. The molecule has 0 spiro atoms. The van der Waals surface area contributed by atoms with E-state index in [0.29, 0.717) is 10.9 Å². The minimum absolute atomic E-state index is 0.0421. The Morgan fingerprint density at radius 3 is 2.52 bits per heavy atom. The Hall–Kier alpha value is -2.61. The molecule has 1 heterocycles. The van der Waals surface area contributed by atoms with Gasteiger partial charge in [0.1, 0.15) is 5.75 Å². The molecule has 2 N–H and O–H groups in total. The number of benzene rings is 1. The minimum Gasteiger partial charge on any atom is -0.496 e. The molecule has 0 saturated heterocycles. The number of hydrogen-bond donors (Lipinski definition) is 2. The van der Waals surface area contributed by atoms with E-state index in [0.717, 1.165) is 17.0 Å². The highest BCUT2D eigenvalue weighted by atomic mass is 32.2. The molecule has 0 aliphatic rings. The van der Waals surface area contributed by atoms with Crippen molar-refractivity contribution in [1.29, 1.82) is 0 Å². The number of thioether (sulfide) groups is 1. The fraction of sp³-hybridized carbons (Fsp3) is 0.368. The molecule has 0 aliphatic heterocycles. The van der Waals surface area contributed by atoms with Crippen LogP contribution in [0, 0.1) is 19.8 Å². The molecule has 0 radical (unpaired) electrons. The predicted octanol–water partition coefficient (Wildman–Crippen LogP) is 2.25. The highest BCUT2D eigenvalue weighted by molar-refractivity contribution is 7.99. The lowest BCUT2D eigenvalue weighted by atomic mass is 9.98. The Kier molecular flexibility index (Phi) is 7.60. The summed E-state index contributed by atoms with van der Waals surface area (Å²) >= 11 is 1.23. The molecular formula is C19H23N3O4S. The molecule has 1 unspecified atom stereocenters. The van der Waals surface area contributed by atoms with Crippen LogP contribution in [0.25, 0.3) is 0 Å². The van der Waals surface area contributed by atoms with Gasteiger partial charge in [0.25, 0.3) is 0 Å². The molecule has 8 heteroatoms. The molecule has 1 amide bonds. The fourth-order valence-corrected chi connectivity index (χ4v) is 3.34. The normalized spacial score (nSPS) is 11.7. The molecule has 1 atom stereocenters. The molecular weight excluding hydrogens is 366 g/mol. The highest BCUT2D eigenvalue weighted by Gasteiger charge is 2.20. The van der Waals surface area contributed by atoms with Crippen LogP contribution in [0.15, 0.2) is 35.5 Å². The first kappa shape index (κ1) is 20.7. The quantitative estimate of drug-likeness (QED) is 0.501. The molecule has 0 bridgehead atoms. The lowest BCUT2D eigenvalue weighted by Gasteiger charge is -2.15. The highest BCUT2D eigenvalue weighted by Crippen LogP contribution is 2.21. The van der Waals surface area contributed by atoms with Gasteiger partial charge in [0.15, 0.2) is 5.16 Å². The van der Waals surface area contributed by atoms with Gasteiger partial charge in [-0.15, -0.1) is 0 Å². The van der Waals surface area contributed by atoms with Crippen molar-refractivity contribution < 1.29 is 19.4 Å². The molecule has 1 aromatic heterocycles. The number of para-hydroxylation sites is 1. The zero-order chi connectivity index (χ0) is 19.8. The summed E-state index contributed by atoms with van der Waals surface area (Å²) in [6.07, 6.45) is 0.271. The third-order valence-electron chi connectivity index (χ3n) is 3.85. The molecule has 0 fully saturated rings. The van der Waals surface area contributed by atoms with Gasteiger partial charge in [-0.3, -0.25) is 9.59 Å². The molecule has 2 aromatic rings. The summed E-state index contributed by atoms with van der Waals surface area (Å²) in [5, 5.41) is 12.7. The monoisotopic (exact) mass is 389 g/mol. The van der Waals surface area contributed by atoms with E-state index in [1.54, 1.807) is 13.2 Å². The van der Waals surface area contributed by atoms with Gasteiger partial charge in [0, 0.05) is 17.9 Å². The van der Waals surface area contributed by atoms with Gasteiger partial charge >= 0.3 is 5.97 Å². The number of methoxy groups -OCH3 is 1. The van der Waals surface area contributed by atoms with Crippen LogP contribution < -0.4 is 10.1 Å². The molecule has 0 aliphatic carbocycles. The van der Waals surface area contributed by atoms with Gasteiger partial charge in [0.2, 0.25) is 5.91 Å². The number of ether oxygens (including phenoxy) is 1. The zero-order valence-electron chi connectivity index (χ0n) is 15.6. The van der Waals surface area contributed by atoms with Gasteiger partial charge in [-0.25, -0.2) is 9.97 Å². The van der Waals surface area contributed by atoms with Crippen LogP contribution in [0.1, 0.15) is 17.0 Å². The van der Waals surface area contributed by atoms with Gasteiger partial charge in [0.05, 0.1) is 18.8 Å². The molecule has 1 aromatic carbocycles. The summed E-state index contributed by atoms with van der Waals surface area (Å²) in [5.41, 5.74) is 2.47. The number of carbonyl (C=O) groups is 2. The Balaban J connectivity index is 1.89. The van der Waals surface area contributed by atoms with Gasteiger partial charge < -0.3 is 15.2 Å². The molecule has 144 valence electrons. The number of amides is 1. The van der Waals surface area contributed by atoms with E-state index >= 15 is 0 Å². The number of nitrogens with one attached hydrogen (secondary N) is 1. The summed E-state index contributed by atoms with van der Waals surface area (Å²) < 4.78 is 5.26. The third-order valence-corrected chi connectivity index (χ3v) is 4.70. The van der Waals surface area contributed by atoms with Crippen molar-refractivity contribution in [1.82, 2.24) is 15.3 Å². The second-order valence-electron chi connectivity index (χ2n) is 6.08. The van der Waals surface area contributed by atoms with Crippen molar-refractivity contribution in [2.75, 3.05) is 19.4 Å². The second-order valence-corrected chi connectivity index (χ2v) is 7.02. The Morgan fingerprint density at radius 2 is 1.89 bits per heavy atom. The maximum Gasteiger partial charge on any atom is 0.308 e. The lowest BCUT2D eigenvalue weighted by molar-refractivity contribution is -0.141. The fourth-order valence-electron chi connectivity index (χ4n) is 2.56. The number of aliphatic carboxylic acids is 1. The second kappa shape index (κ2) is 9.91. The van der Waals surface area contributed by atoms with Crippen molar-refractivity contribution >= 4 is 23.6 Å². The van der Waals surface area contributed by atoms with E-state index in [2.05, 4.69) is 15.3 Å². The Labute approximate surface area is 162 Å². The number of nitrogens with zero attached hydrogens (tertiary/aromatic N) is 2. The summed E-state index contributed by atoms with van der Waals surface area (Å²) in [5.74, 6) is -1.20.